The van der Waals surface area contributed by atoms with Crippen LogP contribution in [0, 0.1) is 6.92 Å². The van der Waals surface area contributed by atoms with E-state index in [1.807, 2.05) is 23.1 Å². The normalized spacial score (nSPS) is 13.7. The summed E-state index contributed by atoms with van der Waals surface area (Å²) in [6.45, 7) is 2.52. The van der Waals surface area contributed by atoms with Crippen molar-refractivity contribution in [1.29, 1.82) is 0 Å². The third-order valence-corrected chi connectivity index (χ3v) is 3.55. The monoisotopic (exact) mass is 257 g/mol. The molecule has 0 saturated carbocycles. The van der Waals surface area contributed by atoms with Gasteiger partial charge in [-0.1, -0.05) is 18.2 Å². The Bertz CT molecular complexity index is 661. The quantitative estimate of drug-likeness (QED) is 0.895. The van der Waals surface area contributed by atoms with Gasteiger partial charge in [0, 0.05) is 19.3 Å². The molecule has 19 heavy (non-hydrogen) atoms. The third kappa shape index (κ3) is 1.69. The van der Waals surface area contributed by atoms with E-state index in [0.717, 1.165) is 18.7 Å². The molecule has 98 valence electrons. The van der Waals surface area contributed by atoms with Gasteiger partial charge in [0.2, 0.25) is 0 Å². The van der Waals surface area contributed by atoms with Gasteiger partial charge >= 0.3 is 5.97 Å². The van der Waals surface area contributed by atoms with Crippen molar-refractivity contribution in [3.05, 3.63) is 41.1 Å². The Morgan fingerprint density at radius 2 is 2.11 bits per heavy atom. The molecule has 0 aliphatic carbocycles. The van der Waals surface area contributed by atoms with Crippen LogP contribution in [0.3, 0.4) is 0 Å². The molecular weight excluding hydrogens is 242 g/mol. The number of anilines is 2. The number of aromatic carboxylic acids is 1. The summed E-state index contributed by atoms with van der Waals surface area (Å²) in [5, 5.41) is 13.6. The maximum atomic E-state index is 11.4. The van der Waals surface area contributed by atoms with Crippen LogP contribution in [0.5, 0.6) is 0 Å². The van der Waals surface area contributed by atoms with Crippen LogP contribution in [0.2, 0.25) is 0 Å². The van der Waals surface area contributed by atoms with E-state index in [1.165, 1.54) is 5.56 Å². The Morgan fingerprint density at radius 3 is 2.84 bits per heavy atom. The van der Waals surface area contributed by atoms with Crippen molar-refractivity contribution in [3.63, 3.8) is 0 Å². The number of rotatable bonds is 2. The van der Waals surface area contributed by atoms with Gasteiger partial charge in [-0.3, -0.25) is 4.68 Å². The number of carboxylic acids is 1. The van der Waals surface area contributed by atoms with E-state index < -0.39 is 5.97 Å². The lowest BCUT2D eigenvalue weighted by molar-refractivity contribution is 0.0697. The van der Waals surface area contributed by atoms with E-state index in [2.05, 4.69) is 11.2 Å². The van der Waals surface area contributed by atoms with Crippen molar-refractivity contribution in [1.82, 2.24) is 9.78 Å². The molecule has 1 aliphatic rings. The number of aryl methyl sites for hydroxylation is 2. The highest BCUT2D eigenvalue weighted by Gasteiger charge is 2.29. The van der Waals surface area contributed by atoms with E-state index in [0.29, 0.717) is 17.1 Å². The summed E-state index contributed by atoms with van der Waals surface area (Å²) in [6.07, 6.45) is 0.930. The molecule has 3 rings (SSSR count). The predicted octanol–water partition coefficient (Wildman–Crippen LogP) is 2.12. The van der Waals surface area contributed by atoms with E-state index in [9.17, 15) is 9.90 Å². The van der Waals surface area contributed by atoms with Gasteiger partial charge < -0.3 is 10.0 Å². The summed E-state index contributed by atoms with van der Waals surface area (Å²) in [6, 6.07) is 8.09. The minimum Gasteiger partial charge on any atom is -0.477 e. The number of hydrogen-bond acceptors (Lipinski definition) is 3. The summed E-state index contributed by atoms with van der Waals surface area (Å²) >= 11 is 0. The number of carboxylic acid groups (broad SMARTS) is 1. The molecule has 2 heterocycles. The summed E-state index contributed by atoms with van der Waals surface area (Å²) in [7, 11) is 1.79. The summed E-state index contributed by atoms with van der Waals surface area (Å²) in [5.41, 5.74) is 3.17. The van der Waals surface area contributed by atoms with Gasteiger partial charge in [-0.25, -0.2) is 4.79 Å². The first-order chi connectivity index (χ1) is 9.09. The fourth-order valence-electron chi connectivity index (χ4n) is 2.76. The van der Waals surface area contributed by atoms with Crippen LogP contribution >= 0.6 is 0 Å². The smallest absolute Gasteiger partial charge is 0.341 e. The topological polar surface area (TPSA) is 58.4 Å². The molecule has 0 bridgehead atoms. The van der Waals surface area contributed by atoms with Gasteiger partial charge in [-0.05, 0) is 25.0 Å². The first-order valence-electron chi connectivity index (χ1n) is 6.22. The predicted molar refractivity (Wildman–Crippen MR) is 72.1 cm³/mol. The fourth-order valence-corrected chi connectivity index (χ4v) is 2.76. The summed E-state index contributed by atoms with van der Waals surface area (Å²) in [4.78, 5) is 13.5. The zero-order valence-corrected chi connectivity index (χ0v) is 10.9. The van der Waals surface area contributed by atoms with Crippen molar-refractivity contribution in [3.8, 4) is 0 Å². The molecule has 0 radical (unpaired) electrons. The van der Waals surface area contributed by atoms with Crippen LogP contribution < -0.4 is 4.90 Å². The molecule has 5 nitrogen and oxygen atoms in total. The molecule has 0 atom stereocenters. The zero-order chi connectivity index (χ0) is 13.6. The molecule has 0 saturated heterocycles. The molecule has 0 fully saturated rings. The first kappa shape index (κ1) is 11.8. The first-order valence-corrected chi connectivity index (χ1v) is 6.22. The largest absolute Gasteiger partial charge is 0.477 e. The fraction of sp³-hybridized carbons (Fsp3) is 0.286. The molecule has 1 aromatic heterocycles. The lowest BCUT2D eigenvalue weighted by Gasteiger charge is -2.20. The number of nitrogens with zero attached hydrogens (tertiary/aromatic N) is 3. The average molecular weight is 257 g/mol. The zero-order valence-electron chi connectivity index (χ0n) is 10.9. The Labute approximate surface area is 111 Å². The van der Waals surface area contributed by atoms with E-state index in [-0.39, 0.29) is 0 Å². The van der Waals surface area contributed by atoms with Gasteiger partial charge in [0.25, 0.3) is 0 Å². The second-order valence-corrected chi connectivity index (χ2v) is 4.74. The molecule has 1 N–H and O–H groups in total. The number of hydrogen-bond donors (Lipinski definition) is 1. The van der Waals surface area contributed by atoms with E-state index >= 15 is 0 Å². The Balaban J connectivity index is 2.17. The lowest BCUT2D eigenvalue weighted by Crippen LogP contribution is -2.19. The molecule has 1 aliphatic heterocycles. The van der Waals surface area contributed by atoms with Gasteiger partial charge in [0.15, 0.2) is 0 Å². The Hall–Kier alpha value is -2.30. The number of benzene rings is 1. The molecular formula is C14H15N3O2. The highest BCUT2D eigenvalue weighted by molar-refractivity contribution is 5.96. The standard InChI is InChI=1S/C14H15N3O2/c1-9-12(14(18)19)13(16(2)15-9)17-8-7-10-5-3-4-6-11(10)17/h3-6H,7-8H2,1-2H3,(H,18,19). The van der Waals surface area contributed by atoms with Crippen LogP contribution in [0.1, 0.15) is 21.6 Å². The lowest BCUT2D eigenvalue weighted by atomic mass is 10.2. The van der Waals surface area contributed by atoms with Gasteiger partial charge in [-0.15, -0.1) is 0 Å². The third-order valence-electron chi connectivity index (χ3n) is 3.55. The molecule has 2 aromatic rings. The molecule has 5 heteroatoms. The minimum absolute atomic E-state index is 0.291. The van der Waals surface area contributed by atoms with Crippen molar-refractivity contribution in [2.24, 2.45) is 7.05 Å². The second-order valence-electron chi connectivity index (χ2n) is 4.74. The number of carbonyl (C=O) groups is 1. The van der Waals surface area contributed by atoms with Crippen LogP contribution in [0.4, 0.5) is 11.5 Å². The van der Waals surface area contributed by atoms with Crippen LogP contribution in [-0.2, 0) is 13.5 Å². The van der Waals surface area contributed by atoms with Crippen molar-refractivity contribution >= 4 is 17.5 Å². The molecule has 1 aromatic carbocycles. The van der Waals surface area contributed by atoms with E-state index in [1.54, 1.807) is 18.7 Å². The number of fused-ring (bicyclic) bond motifs is 1. The van der Waals surface area contributed by atoms with Crippen molar-refractivity contribution in [2.75, 3.05) is 11.4 Å². The van der Waals surface area contributed by atoms with Crippen LogP contribution in [-0.4, -0.2) is 27.4 Å². The Kier molecular flexibility index (Phi) is 2.55. The maximum absolute atomic E-state index is 11.4. The van der Waals surface area contributed by atoms with Crippen LogP contribution in [0.15, 0.2) is 24.3 Å². The minimum atomic E-state index is -0.926. The van der Waals surface area contributed by atoms with Crippen molar-refractivity contribution in [2.45, 2.75) is 13.3 Å². The van der Waals surface area contributed by atoms with Gasteiger partial charge in [0.1, 0.15) is 11.4 Å². The molecule has 0 spiro atoms. The Morgan fingerprint density at radius 1 is 1.37 bits per heavy atom. The van der Waals surface area contributed by atoms with Crippen LogP contribution in [0.25, 0.3) is 0 Å². The van der Waals surface area contributed by atoms with Gasteiger partial charge in [-0.2, -0.15) is 5.10 Å². The SMILES string of the molecule is Cc1nn(C)c(N2CCc3ccccc32)c1C(=O)O. The van der Waals surface area contributed by atoms with Crippen molar-refractivity contribution < 1.29 is 9.90 Å². The van der Waals surface area contributed by atoms with Gasteiger partial charge in [0.05, 0.1) is 5.69 Å². The van der Waals surface area contributed by atoms with E-state index in [4.69, 9.17) is 0 Å². The highest BCUT2D eigenvalue weighted by atomic mass is 16.4. The second kappa shape index (κ2) is 4.12. The summed E-state index contributed by atoms with van der Waals surface area (Å²) < 4.78 is 1.65. The maximum Gasteiger partial charge on any atom is 0.341 e. The number of aromatic nitrogens is 2. The molecule has 0 unspecified atom stereocenters. The molecule has 0 amide bonds. The summed E-state index contributed by atoms with van der Waals surface area (Å²) in [5.74, 6) is -0.264. The number of para-hydroxylation sites is 1. The highest BCUT2D eigenvalue weighted by Crippen LogP contribution is 2.36. The average Bonchev–Trinajstić information content (AvgIpc) is 2.89.